The maximum atomic E-state index is 4.44. The van der Waals surface area contributed by atoms with Crippen LogP contribution in [0, 0.1) is 5.92 Å². The molecule has 0 spiro atoms. The van der Waals surface area contributed by atoms with E-state index in [2.05, 4.69) is 55.0 Å². The molecule has 0 saturated heterocycles. The molecule has 1 aliphatic carbocycles. The Bertz CT molecular complexity index is 613. The van der Waals surface area contributed by atoms with Crippen LogP contribution in [0.4, 0.5) is 0 Å². The predicted octanol–water partition coefficient (Wildman–Crippen LogP) is 4.35. The van der Waals surface area contributed by atoms with Crippen LogP contribution >= 0.6 is 0 Å². The summed E-state index contributed by atoms with van der Waals surface area (Å²) in [6.45, 7) is 6.31. The van der Waals surface area contributed by atoms with E-state index in [1.165, 1.54) is 34.2 Å². The zero-order valence-corrected chi connectivity index (χ0v) is 12.1. The Morgan fingerprint density at radius 3 is 2.80 bits per heavy atom. The van der Waals surface area contributed by atoms with Crippen molar-refractivity contribution in [2.24, 2.45) is 5.92 Å². The Kier molecular flexibility index (Phi) is 3.68. The molecular weight excluding hydrogens is 242 g/mol. The summed E-state index contributed by atoms with van der Waals surface area (Å²) in [4.78, 5) is 4.44. The molecule has 1 heteroatoms. The van der Waals surface area contributed by atoms with E-state index in [9.17, 15) is 0 Å². The highest BCUT2D eigenvalue weighted by atomic mass is 14.6. The van der Waals surface area contributed by atoms with Crippen LogP contribution in [0.1, 0.15) is 35.6 Å². The van der Waals surface area contributed by atoms with Gasteiger partial charge in [0, 0.05) is 12.4 Å². The quantitative estimate of drug-likeness (QED) is 0.750. The zero-order chi connectivity index (χ0) is 13.9. The van der Waals surface area contributed by atoms with Gasteiger partial charge >= 0.3 is 0 Å². The van der Waals surface area contributed by atoms with Crippen LogP contribution < -0.4 is 0 Å². The first kappa shape index (κ1) is 13.1. The van der Waals surface area contributed by atoms with Gasteiger partial charge in [-0.3, -0.25) is 4.98 Å². The van der Waals surface area contributed by atoms with Crippen molar-refractivity contribution < 1.29 is 0 Å². The molecule has 0 bridgehead atoms. The molecule has 0 amide bonds. The van der Waals surface area contributed by atoms with E-state index in [4.69, 9.17) is 0 Å². The highest BCUT2D eigenvalue weighted by molar-refractivity contribution is 5.38. The smallest absolute Gasteiger partial charge is 0.0306 e. The summed E-state index contributed by atoms with van der Waals surface area (Å²) in [6.07, 6.45) is 8.58. The molecule has 1 aromatic heterocycles. The average molecular weight is 263 g/mol. The first-order chi connectivity index (χ1) is 9.74. The number of benzene rings is 1. The first-order valence-electron chi connectivity index (χ1n) is 7.38. The SMILES string of the molecule is C=C(C)[C@H]1CCc2cncc(Cc3ccccc3)c2C1. The number of nitrogens with zero attached hydrogens (tertiary/aromatic N) is 1. The van der Waals surface area contributed by atoms with Crippen LogP contribution in [0.25, 0.3) is 0 Å². The van der Waals surface area contributed by atoms with E-state index in [1.54, 1.807) is 0 Å². The summed E-state index contributed by atoms with van der Waals surface area (Å²) in [6, 6.07) is 10.7. The van der Waals surface area contributed by atoms with Gasteiger partial charge in [-0.2, -0.15) is 0 Å². The average Bonchev–Trinajstić information content (AvgIpc) is 2.48. The number of fused-ring (bicyclic) bond motifs is 1. The van der Waals surface area contributed by atoms with Crippen molar-refractivity contribution in [3.8, 4) is 0 Å². The lowest BCUT2D eigenvalue weighted by atomic mass is 9.79. The fourth-order valence-electron chi connectivity index (χ4n) is 3.12. The third kappa shape index (κ3) is 2.67. The second kappa shape index (κ2) is 5.62. The van der Waals surface area contributed by atoms with E-state index >= 15 is 0 Å². The third-order valence-electron chi connectivity index (χ3n) is 4.38. The van der Waals surface area contributed by atoms with Gasteiger partial charge in [-0.05, 0) is 60.8 Å². The van der Waals surface area contributed by atoms with Crippen molar-refractivity contribution in [1.82, 2.24) is 4.98 Å². The van der Waals surface area contributed by atoms with Crippen molar-refractivity contribution in [1.29, 1.82) is 0 Å². The summed E-state index contributed by atoms with van der Waals surface area (Å²) in [7, 11) is 0. The molecule has 0 N–H and O–H groups in total. The van der Waals surface area contributed by atoms with Crippen molar-refractivity contribution in [3.05, 3.63) is 77.1 Å². The van der Waals surface area contributed by atoms with Crippen LogP contribution in [-0.2, 0) is 19.3 Å². The van der Waals surface area contributed by atoms with Crippen LogP contribution in [0.15, 0.2) is 54.9 Å². The summed E-state index contributed by atoms with van der Waals surface area (Å²) in [5.41, 5.74) is 7.02. The number of hydrogen-bond acceptors (Lipinski definition) is 1. The van der Waals surface area contributed by atoms with Gasteiger partial charge in [-0.25, -0.2) is 0 Å². The van der Waals surface area contributed by atoms with Gasteiger partial charge < -0.3 is 0 Å². The van der Waals surface area contributed by atoms with Crippen molar-refractivity contribution in [2.75, 3.05) is 0 Å². The highest BCUT2D eigenvalue weighted by Gasteiger charge is 2.21. The molecule has 2 aromatic rings. The number of pyridine rings is 1. The molecule has 0 unspecified atom stereocenters. The largest absolute Gasteiger partial charge is 0.264 e. The van der Waals surface area contributed by atoms with Crippen LogP contribution in [0.5, 0.6) is 0 Å². The normalized spacial score (nSPS) is 17.6. The van der Waals surface area contributed by atoms with Crippen LogP contribution in [0.3, 0.4) is 0 Å². The fourth-order valence-corrected chi connectivity index (χ4v) is 3.12. The van der Waals surface area contributed by atoms with Gasteiger partial charge in [0.05, 0.1) is 0 Å². The minimum atomic E-state index is 0.638. The second-order valence-electron chi connectivity index (χ2n) is 5.88. The third-order valence-corrected chi connectivity index (χ3v) is 4.38. The Morgan fingerprint density at radius 1 is 1.25 bits per heavy atom. The number of rotatable bonds is 3. The maximum Gasteiger partial charge on any atom is 0.0306 e. The summed E-state index contributed by atoms with van der Waals surface area (Å²) >= 11 is 0. The fraction of sp³-hybridized carbons (Fsp3) is 0.316. The van der Waals surface area contributed by atoms with Crippen LogP contribution in [0.2, 0.25) is 0 Å². The molecule has 1 aromatic carbocycles. The minimum absolute atomic E-state index is 0.638. The van der Waals surface area contributed by atoms with E-state index in [-0.39, 0.29) is 0 Å². The van der Waals surface area contributed by atoms with E-state index in [0.29, 0.717) is 5.92 Å². The number of aryl methyl sites for hydroxylation is 1. The van der Waals surface area contributed by atoms with Crippen molar-refractivity contribution in [2.45, 2.75) is 32.6 Å². The number of hydrogen-bond donors (Lipinski definition) is 0. The number of aromatic nitrogens is 1. The second-order valence-corrected chi connectivity index (χ2v) is 5.88. The standard InChI is InChI=1S/C19H21N/c1-14(2)16-8-9-17-12-20-13-18(19(17)11-16)10-15-6-4-3-5-7-15/h3-7,12-13,16H,1,8-11H2,2H3/t16-/m0/s1. The molecule has 0 saturated carbocycles. The molecule has 1 heterocycles. The molecule has 3 rings (SSSR count). The maximum absolute atomic E-state index is 4.44. The van der Waals surface area contributed by atoms with Gasteiger partial charge in [0.2, 0.25) is 0 Å². The Hall–Kier alpha value is -1.89. The molecule has 0 radical (unpaired) electrons. The topological polar surface area (TPSA) is 12.9 Å². The van der Waals surface area contributed by atoms with Gasteiger partial charge in [-0.15, -0.1) is 0 Å². The van der Waals surface area contributed by atoms with Gasteiger partial charge in [0.25, 0.3) is 0 Å². The zero-order valence-electron chi connectivity index (χ0n) is 12.1. The summed E-state index contributed by atoms with van der Waals surface area (Å²) < 4.78 is 0. The first-order valence-corrected chi connectivity index (χ1v) is 7.38. The Balaban J connectivity index is 1.91. The monoisotopic (exact) mass is 263 g/mol. The van der Waals surface area contributed by atoms with E-state index < -0.39 is 0 Å². The van der Waals surface area contributed by atoms with E-state index in [1.807, 2.05) is 6.20 Å². The van der Waals surface area contributed by atoms with Crippen LogP contribution in [-0.4, -0.2) is 4.98 Å². The molecule has 0 fully saturated rings. The minimum Gasteiger partial charge on any atom is -0.264 e. The summed E-state index contributed by atoms with van der Waals surface area (Å²) in [5.74, 6) is 0.638. The lowest BCUT2D eigenvalue weighted by Crippen LogP contribution is -2.17. The van der Waals surface area contributed by atoms with E-state index in [0.717, 1.165) is 19.3 Å². The highest BCUT2D eigenvalue weighted by Crippen LogP contribution is 2.31. The molecule has 102 valence electrons. The number of allylic oxidation sites excluding steroid dienone is 1. The molecule has 1 nitrogen and oxygen atoms in total. The summed E-state index contributed by atoms with van der Waals surface area (Å²) in [5, 5.41) is 0. The molecule has 1 atom stereocenters. The molecule has 1 aliphatic rings. The molecule has 20 heavy (non-hydrogen) atoms. The van der Waals surface area contributed by atoms with Gasteiger partial charge in [-0.1, -0.05) is 42.5 Å². The van der Waals surface area contributed by atoms with Crippen molar-refractivity contribution >= 4 is 0 Å². The lowest BCUT2D eigenvalue weighted by Gasteiger charge is -2.26. The van der Waals surface area contributed by atoms with Gasteiger partial charge in [0.1, 0.15) is 0 Å². The molecule has 0 aliphatic heterocycles. The molecular formula is C19H21N. The Morgan fingerprint density at radius 2 is 2.05 bits per heavy atom. The predicted molar refractivity (Wildman–Crippen MR) is 83.8 cm³/mol. The van der Waals surface area contributed by atoms with Gasteiger partial charge in [0.15, 0.2) is 0 Å². The van der Waals surface area contributed by atoms with Crippen molar-refractivity contribution in [3.63, 3.8) is 0 Å². The lowest BCUT2D eigenvalue weighted by molar-refractivity contribution is 0.523. The Labute approximate surface area is 121 Å².